The molecule has 7 nitrogen and oxygen atoms in total. The largest absolute Gasteiger partial charge is 0.479 e. The molecule has 0 aliphatic heterocycles. The predicted molar refractivity (Wildman–Crippen MR) is 70.0 cm³/mol. The average Bonchev–Trinajstić information content (AvgIpc) is 2.82. The lowest BCUT2D eigenvalue weighted by atomic mass is 10.1. The number of aryl methyl sites for hydroxylation is 2. The Morgan fingerprint density at radius 1 is 1.45 bits per heavy atom. The van der Waals surface area contributed by atoms with E-state index >= 15 is 0 Å². The molecule has 2 aromatic heterocycles. The number of hydrogen-bond acceptors (Lipinski definition) is 4. The smallest absolute Gasteiger partial charge is 0.331 e. The second-order valence-electron chi connectivity index (χ2n) is 4.33. The first-order valence-electron chi connectivity index (χ1n) is 5.93. The molecule has 0 spiro atoms. The fourth-order valence-electron chi connectivity index (χ4n) is 1.81. The third kappa shape index (κ3) is 2.82. The Labute approximate surface area is 115 Å². The van der Waals surface area contributed by atoms with Crippen molar-refractivity contribution >= 4 is 11.9 Å². The van der Waals surface area contributed by atoms with Crippen molar-refractivity contribution in [3.63, 3.8) is 0 Å². The second kappa shape index (κ2) is 5.52. The first kappa shape index (κ1) is 13.7. The van der Waals surface area contributed by atoms with Gasteiger partial charge >= 0.3 is 5.97 Å². The van der Waals surface area contributed by atoms with E-state index in [4.69, 9.17) is 0 Å². The maximum absolute atomic E-state index is 12.1. The highest BCUT2D eigenvalue weighted by Gasteiger charge is 2.24. The fraction of sp³-hybridized carbons (Fsp3) is 0.231. The molecule has 20 heavy (non-hydrogen) atoms. The van der Waals surface area contributed by atoms with Crippen LogP contribution in [0.1, 0.15) is 27.7 Å². The van der Waals surface area contributed by atoms with Crippen molar-refractivity contribution in [2.45, 2.75) is 13.0 Å². The van der Waals surface area contributed by atoms with Crippen LogP contribution in [0.15, 0.2) is 30.7 Å². The second-order valence-corrected chi connectivity index (χ2v) is 4.33. The van der Waals surface area contributed by atoms with Gasteiger partial charge in [-0.1, -0.05) is 0 Å². The van der Waals surface area contributed by atoms with Crippen LogP contribution in [-0.2, 0) is 11.8 Å². The molecule has 2 rings (SSSR count). The highest BCUT2D eigenvalue weighted by atomic mass is 16.4. The molecule has 0 saturated heterocycles. The van der Waals surface area contributed by atoms with E-state index in [2.05, 4.69) is 15.4 Å². The van der Waals surface area contributed by atoms with Gasteiger partial charge in [0.15, 0.2) is 6.04 Å². The van der Waals surface area contributed by atoms with Crippen LogP contribution in [0.2, 0.25) is 0 Å². The molecule has 0 aliphatic rings. The lowest BCUT2D eigenvalue weighted by molar-refractivity contribution is -0.139. The minimum absolute atomic E-state index is 0.350. The monoisotopic (exact) mass is 274 g/mol. The van der Waals surface area contributed by atoms with Crippen molar-refractivity contribution in [1.82, 2.24) is 20.1 Å². The number of aliphatic carboxylic acids is 1. The van der Waals surface area contributed by atoms with E-state index in [-0.39, 0.29) is 0 Å². The number of aromatic nitrogens is 3. The number of nitrogens with zero attached hydrogens (tertiary/aromatic N) is 3. The molecule has 2 aromatic rings. The van der Waals surface area contributed by atoms with Gasteiger partial charge in [0.25, 0.3) is 5.91 Å². The number of rotatable bonds is 4. The molecule has 2 N–H and O–H groups in total. The van der Waals surface area contributed by atoms with Crippen LogP contribution in [0, 0.1) is 6.92 Å². The molecule has 0 aromatic carbocycles. The number of carbonyl (C=O) groups is 2. The Morgan fingerprint density at radius 2 is 2.20 bits per heavy atom. The summed E-state index contributed by atoms with van der Waals surface area (Å²) < 4.78 is 1.48. The van der Waals surface area contributed by atoms with Crippen molar-refractivity contribution in [3.05, 3.63) is 47.5 Å². The van der Waals surface area contributed by atoms with E-state index in [1.165, 1.54) is 10.9 Å². The molecule has 1 atom stereocenters. The molecule has 0 fully saturated rings. The standard InChI is InChI=1S/C13H14N4O3/c1-8-10(4-3-5-14-8)12(18)16-11(13(19)20)9-6-15-17(2)7-9/h3-7,11H,1-2H3,(H,16,18)(H,19,20). The van der Waals surface area contributed by atoms with E-state index in [1.807, 2.05) is 0 Å². The van der Waals surface area contributed by atoms with Gasteiger partial charge < -0.3 is 10.4 Å². The third-order valence-electron chi connectivity index (χ3n) is 2.83. The molecule has 0 bridgehead atoms. The minimum atomic E-state index is -1.15. The molecule has 104 valence electrons. The summed E-state index contributed by atoms with van der Waals surface area (Å²) in [4.78, 5) is 27.4. The van der Waals surface area contributed by atoms with Crippen molar-refractivity contribution in [2.24, 2.45) is 7.05 Å². The zero-order valence-electron chi connectivity index (χ0n) is 11.1. The Balaban J connectivity index is 2.23. The van der Waals surface area contributed by atoms with Crippen LogP contribution in [-0.4, -0.2) is 31.7 Å². The van der Waals surface area contributed by atoms with E-state index < -0.39 is 17.9 Å². The lowest BCUT2D eigenvalue weighted by Crippen LogP contribution is -2.34. The quantitative estimate of drug-likeness (QED) is 0.854. The highest BCUT2D eigenvalue weighted by molar-refractivity contribution is 5.97. The van der Waals surface area contributed by atoms with Gasteiger partial charge in [0.05, 0.1) is 11.8 Å². The number of pyridine rings is 1. The van der Waals surface area contributed by atoms with Gasteiger partial charge in [0.1, 0.15) is 0 Å². The number of carbonyl (C=O) groups excluding carboxylic acids is 1. The SMILES string of the molecule is Cc1ncccc1C(=O)NC(C(=O)O)c1cnn(C)c1. The average molecular weight is 274 g/mol. The number of carboxylic acid groups (broad SMARTS) is 1. The highest BCUT2D eigenvalue weighted by Crippen LogP contribution is 2.14. The summed E-state index contributed by atoms with van der Waals surface area (Å²) in [7, 11) is 1.68. The summed E-state index contributed by atoms with van der Waals surface area (Å²) in [6, 6.07) is 2.08. The van der Waals surface area contributed by atoms with Gasteiger partial charge in [-0.3, -0.25) is 14.5 Å². The Bertz CT molecular complexity index is 651. The predicted octanol–water partition coefficient (Wildman–Crippen LogP) is 0.679. The van der Waals surface area contributed by atoms with Crippen LogP contribution < -0.4 is 5.32 Å². The van der Waals surface area contributed by atoms with Gasteiger partial charge in [-0.2, -0.15) is 5.10 Å². The zero-order chi connectivity index (χ0) is 14.7. The summed E-state index contributed by atoms with van der Waals surface area (Å²) in [5.74, 6) is -1.63. The van der Waals surface area contributed by atoms with Crippen molar-refractivity contribution < 1.29 is 14.7 Å². The normalized spacial score (nSPS) is 11.9. The minimum Gasteiger partial charge on any atom is -0.479 e. The molecule has 2 heterocycles. The maximum Gasteiger partial charge on any atom is 0.331 e. The van der Waals surface area contributed by atoms with Gasteiger partial charge in [0, 0.05) is 30.7 Å². The van der Waals surface area contributed by atoms with E-state index in [0.29, 0.717) is 16.8 Å². The van der Waals surface area contributed by atoms with Crippen molar-refractivity contribution in [1.29, 1.82) is 0 Å². The van der Waals surface area contributed by atoms with Crippen LogP contribution in [0.4, 0.5) is 0 Å². The molecular formula is C13H14N4O3. The molecule has 7 heteroatoms. The number of amides is 1. The number of carboxylic acids is 1. The lowest BCUT2D eigenvalue weighted by Gasteiger charge is -2.13. The third-order valence-corrected chi connectivity index (χ3v) is 2.83. The summed E-state index contributed by atoms with van der Waals surface area (Å²) >= 11 is 0. The first-order valence-corrected chi connectivity index (χ1v) is 5.93. The Kier molecular flexibility index (Phi) is 3.79. The molecule has 0 radical (unpaired) electrons. The summed E-state index contributed by atoms with van der Waals surface area (Å²) in [6.07, 6.45) is 4.53. The van der Waals surface area contributed by atoms with E-state index in [0.717, 1.165) is 0 Å². The van der Waals surface area contributed by atoms with Gasteiger partial charge in [-0.25, -0.2) is 4.79 Å². The molecule has 0 saturated carbocycles. The van der Waals surface area contributed by atoms with Crippen molar-refractivity contribution in [3.8, 4) is 0 Å². The van der Waals surface area contributed by atoms with Crippen LogP contribution in [0.5, 0.6) is 0 Å². The number of nitrogens with one attached hydrogen (secondary N) is 1. The van der Waals surface area contributed by atoms with Gasteiger partial charge in [-0.15, -0.1) is 0 Å². The van der Waals surface area contributed by atoms with Crippen LogP contribution in [0.25, 0.3) is 0 Å². The summed E-state index contributed by atoms with van der Waals surface area (Å²) in [5.41, 5.74) is 1.30. The van der Waals surface area contributed by atoms with Crippen LogP contribution in [0.3, 0.4) is 0 Å². The summed E-state index contributed by atoms with van der Waals surface area (Å²) in [6.45, 7) is 1.69. The van der Waals surface area contributed by atoms with Gasteiger partial charge in [-0.05, 0) is 19.1 Å². The van der Waals surface area contributed by atoms with Crippen molar-refractivity contribution in [2.75, 3.05) is 0 Å². The molecule has 0 aliphatic carbocycles. The zero-order valence-corrected chi connectivity index (χ0v) is 11.1. The topological polar surface area (TPSA) is 97.1 Å². The fourth-order valence-corrected chi connectivity index (χ4v) is 1.81. The molecule has 1 amide bonds. The maximum atomic E-state index is 12.1. The number of hydrogen-bond donors (Lipinski definition) is 2. The van der Waals surface area contributed by atoms with Gasteiger partial charge in [0.2, 0.25) is 0 Å². The molecule has 1 unspecified atom stereocenters. The van der Waals surface area contributed by atoms with E-state index in [1.54, 1.807) is 38.5 Å². The van der Waals surface area contributed by atoms with E-state index in [9.17, 15) is 14.7 Å². The Hall–Kier alpha value is -2.70. The Morgan fingerprint density at radius 3 is 2.75 bits per heavy atom. The first-order chi connectivity index (χ1) is 9.49. The summed E-state index contributed by atoms with van der Waals surface area (Å²) in [5, 5.41) is 15.6. The van der Waals surface area contributed by atoms with Crippen LogP contribution >= 0.6 is 0 Å². The molecular weight excluding hydrogens is 260 g/mol.